The highest BCUT2D eigenvalue weighted by atomic mass is 16.7. The molecule has 0 aliphatic heterocycles. The Morgan fingerprint density at radius 1 is 0.917 bits per heavy atom. The molecule has 4 heteroatoms. The molecule has 0 aromatic carbocycles. The number of hydrogen-bond acceptors (Lipinski definition) is 3. The molecule has 0 bridgehead atoms. The van der Waals surface area contributed by atoms with Gasteiger partial charge in [0.25, 0.3) is 0 Å². The summed E-state index contributed by atoms with van der Waals surface area (Å²) < 4.78 is 15.7. The average molecular weight is 174 g/mol. The molecule has 3 nitrogen and oxygen atoms in total. The first kappa shape index (κ1) is 11.9. The van der Waals surface area contributed by atoms with Crippen molar-refractivity contribution in [1.29, 1.82) is 0 Å². The van der Waals surface area contributed by atoms with Gasteiger partial charge in [0.2, 0.25) is 0 Å². The van der Waals surface area contributed by atoms with Gasteiger partial charge in [0, 0.05) is 19.8 Å². The van der Waals surface area contributed by atoms with E-state index >= 15 is 0 Å². The first-order valence-corrected chi connectivity index (χ1v) is 4.69. The van der Waals surface area contributed by atoms with E-state index in [4.69, 9.17) is 14.0 Å². The predicted molar refractivity (Wildman–Crippen MR) is 49.9 cm³/mol. The van der Waals surface area contributed by atoms with Crippen LogP contribution in [-0.2, 0) is 14.0 Å². The summed E-state index contributed by atoms with van der Waals surface area (Å²) in [6.07, 6.45) is 2.18. The van der Waals surface area contributed by atoms with Crippen LogP contribution in [0, 0.1) is 0 Å². The molecule has 0 radical (unpaired) electrons. The number of hydrogen-bond donors (Lipinski definition) is 0. The molecule has 12 heavy (non-hydrogen) atoms. The zero-order chi connectivity index (χ0) is 9.23. The quantitative estimate of drug-likeness (QED) is 0.415. The van der Waals surface area contributed by atoms with Crippen LogP contribution in [0.3, 0.4) is 0 Å². The lowest BCUT2D eigenvalue weighted by Crippen LogP contribution is -2.27. The molecule has 0 aliphatic carbocycles. The summed E-state index contributed by atoms with van der Waals surface area (Å²) in [6, 6.07) is 0. The van der Waals surface area contributed by atoms with E-state index in [9.17, 15) is 0 Å². The molecule has 0 N–H and O–H groups in total. The Hall–Kier alpha value is -0.0551. The SMILES string of the molecule is CCCCOB(OCC)OCC. The molecule has 0 saturated heterocycles. The molecule has 0 aliphatic rings. The third-order valence-corrected chi connectivity index (χ3v) is 1.36. The van der Waals surface area contributed by atoms with E-state index in [1.807, 2.05) is 13.8 Å². The van der Waals surface area contributed by atoms with Crippen molar-refractivity contribution < 1.29 is 14.0 Å². The molecule has 0 spiro atoms. The van der Waals surface area contributed by atoms with Crippen LogP contribution in [0.4, 0.5) is 0 Å². The minimum absolute atomic E-state index is 0.466. The zero-order valence-corrected chi connectivity index (χ0v) is 8.34. The second kappa shape index (κ2) is 9.04. The van der Waals surface area contributed by atoms with Crippen LogP contribution in [0.25, 0.3) is 0 Å². The third-order valence-electron chi connectivity index (χ3n) is 1.36. The fourth-order valence-electron chi connectivity index (χ4n) is 0.740. The van der Waals surface area contributed by atoms with E-state index in [0.717, 1.165) is 12.8 Å². The van der Waals surface area contributed by atoms with Crippen LogP contribution in [0.2, 0.25) is 0 Å². The summed E-state index contributed by atoms with van der Waals surface area (Å²) >= 11 is 0. The smallest absolute Gasteiger partial charge is 0.386 e. The Morgan fingerprint density at radius 3 is 1.92 bits per heavy atom. The molecular weight excluding hydrogens is 155 g/mol. The molecule has 0 amide bonds. The molecule has 0 aromatic rings. The second-order valence-corrected chi connectivity index (χ2v) is 2.42. The lowest BCUT2D eigenvalue weighted by molar-refractivity contribution is 0.101. The van der Waals surface area contributed by atoms with Crippen molar-refractivity contribution in [2.45, 2.75) is 33.6 Å². The van der Waals surface area contributed by atoms with Crippen molar-refractivity contribution in [1.82, 2.24) is 0 Å². The molecule has 0 unspecified atom stereocenters. The van der Waals surface area contributed by atoms with E-state index in [-0.39, 0.29) is 0 Å². The number of unbranched alkanes of at least 4 members (excludes halogenated alkanes) is 1. The largest absolute Gasteiger partial charge is 0.639 e. The lowest BCUT2D eigenvalue weighted by atomic mass is 10.2. The Labute approximate surface area is 75.6 Å². The molecule has 72 valence electrons. The van der Waals surface area contributed by atoms with E-state index in [1.165, 1.54) is 0 Å². The summed E-state index contributed by atoms with van der Waals surface area (Å²) in [7, 11) is -0.466. The summed E-state index contributed by atoms with van der Waals surface area (Å²) in [5, 5.41) is 0. The first-order chi connectivity index (χ1) is 5.85. The van der Waals surface area contributed by atoms with Crippen LogP contribution >= 0.6 is 0 Å². The predicted octanol–water partition coefficient (Wildman–Crippen LogP) is 1.86. The van der Waals surface area contributed by atoms with Gasteiger partial charge in [-0.05, 0) is 20.3 Å². The Morgan fingerprint density at radius 2 is 1.50 bits per heavy atom. The van der Waals surface area contributed by atoms with Crippen LogP contribution < -0.4 is 0 Å². The highest BCUT2D eigenvalue weighted by molar-refractivity contribution is 6.36. The van der Waals surface area contributed by atoms with Gasteiger partial charge in [0.1, 0.15) is 0 Å². The van der Waals surface area contributed by atoms with Gasteiger partial charge < -0.3 is 14.0 Å². The summed E-state index contributed by atoms with van der Waals surface area (Å²) in [6.45, 7) is 7.93. The minimum Gasteiger partial charge on any atom is -0.386 e. The normalized spacial score (nSPS) is 10.2. The van der Waals surface area contributed by atoms with E-state index < -0.39 is 7.32 Å². The summed E-state index contributed by atoms with van der Waals surface area (Å²) in [4.78, 5) is 0. The van der Waals surface area contributed by atoms with Crippen LogP contribution in [0.5, 0.6) is 0 Å². The summed E-state index contributed by atoms with van der Waals surface area (Å²) in [5.74, 6) is 0. The van der Waals surface area contributed by atoms with Gasteiger partial charge in [-0.1, -0.05) is 13.3 Å². The molecular formula is C8H19BO3. The standard InChI is InChI=1S/C8H19BO3/c1-4-7-8-12-9(10-5-2)11-6-3/h4-8H2,1-3H3. The van der Waals surface area contributed by atoms with Gasteiger partial charge >= 0.3 is 7.32 Å². The van der Waals surface area contributed by atoms with E-state index in [2.05, 4.69) is 6.92 Å². The second-order valence-electron chi connectivity index (χ2n) is 2.42. The average Bonchev–Trinajstić information content (AvgIpc) is 2.06. The maximum atomic E-state index is 5.32. The van der Waals surface area contributed by atoms with E-state index in [1.54, 1.807) is 0 Å². The van der Waals surface area contributed by atoms with Gasteiger partial charge in [-0.25, -0.2) is 0 Å². The maximum absolute atomic E-state index is 5.32. The molecule has 0 atom stereocenters. The topological polar surface area (TPSA) is 27.7 Å². The van der Waals surface area contributed by atoms with Gasteiger partial charge in [-0.3, -0.25) is 0 Å². The summed E-state index contributed by atoms with van der Waals surface area (Å²) in [5.41, 5.74) is 0. The molecule has 0 rings (SSSR count). The highest BCUT2D eigenvalue weighted by Gasteiger charge is 2.18. The Kier molecular flexibility index (Phi) is 8.99. The number of rotatable bonds is 8. The Bertz CT molecular complexity index is 84.4. The first-order valence-electron chi connectivity index (χ1n) is 4.69. The lowest BCUT2D eigenvalue weighted by Gasteiger charge is -2.11. The molecule has 0 fully saturated rings. The zero-order valence-electron chi connectivity index (χ0n) is 8.34. The minimum atomic E-state index is -0.466. The van der Waals surface area contributed by atoms with Crippen molar-refractivity contribution in [3.63, 3.8) is 0 Å². The van der Waals surface area contributed by atoms with E-state index in [0.29, 0.717) is 19.8 Å². The monoisotopic (exact) mass is 174 g/mol. The fourth-order valence-corrected chi connectivity index (χ4v) is 0.740. The molecule has 0 heterocycles. The maximum Gasteiger partial charge on any atom is 0.639 e. The van der Waals surface area contributed by atoms with Gasteiger partial charge in [0.15, 0.2) is 0 Å². The van der Waals surface area contributed by atoms with Crippen LogP contribution in [-0.4, -0.2) is 27.1 Å². The van der Waals surface area contributed by atoms with Crippen molar-refractivity contribution in [3.8, 4) is 0 Å². The van der Waals surface area contributed by atoms with Gasteiger partial charge in [-0.15, -0.1) is 0 Å². The van der Waals surface area contributed by atoms with Crippen LogP contribution in [0.15, 0.2) is 0 Å². The Balaban J connectivity index is 3.34. The molecule has 0 aromatic heterocycles. The van der Waals surface area contributed by atoms with Crippen LogP contribution in [0.1, 0.15) is 33.6 Å². The third kappa shape index (κ3) is 6.64. The van der Waals surface area contributed by atoms with Gasteiger partial charge in [0.05, 0.1) is 0 Å². The van der Waals surface area contributed by atoms with Crippen molar-refractivity contribution in [2.24, 2.45) is 0 Å². The fraction of sp³-hybridized carbons (Fsp3) is 1.00. The van der Waals surface area contributed by atoms with Crippen molar-refractivity contribution >= 4 is 7.32 Å². The highest BCUT2D eigenvalue weighted by Crippen LogP contribution is 1.95. The van der Waals surface area contributed by atoms with Crippen molar-refractivity contribution in [3.05, 3.63) is 0 Å². The molecule has 0 saturated carbocycles. The van der Waals surface area contributed by atoms with Crippen molar-refractivity contribution in [2.75, 3.05) is 19.8 Å². The van der Waals surface area contributed by atoms with Gasteiger partial charge in [-0.2, -0.15) is 0 Å².